The van der Waals surface area contributed by atoms with E-state index in [1.54, 1.807) is 23.1 Å². The van der Waals surface area contributed by atoms with Crippen LogP contribution in [0, 0.1) is 0 Å². The second-order valence-corrected chi connectivity index (χ2v) is 9.00. The lowest BCUT2D eigenvalue weighted by atomic mass is 10.1. The molecule has 2 heterocycles. The first-order chi connectivity index (χ1) is 13.6. The van der Waals surface area contributed by atoms with Crippen LogP contribution in [0.5, 0.6) is 0 Å². The highest BCUT2D eigenvalue weighted by atomic mass is 35.5. The van der Waals surface area contributed by atoms with Crippen LogP contribution in [0.25, 0.3) is 0 Å². The summed E-state index contributed by atoms with van der Waals surface area (Å²) >= 11 is 14.5. The van der Waals surface area contributed by atoms with Crippen molar-refractivity contribution in [2.24, 2.45) is 0 Å². The van der Waals surface area contributed by atoms with Crippen molar-refractivity contribution in [1.82, 2.24) is 14.8 Å². The van der Waals surface area contributed by atoms with Crippen LogP contribution in [0.2, 0.25) is 10.0 Å². The summed E-state index contributed by atoms with van der Waals surface area (Å²) in [6.45, 7) is 3.15. The van der Waals surface area contributed by atoms with Gasteiger partial charge < -0.3 is 9.47 Å². The minimum atomic E-state index is -0.984. The van der Waals surface area contributed by atoms with E-state index in [4.69, 9.17) is 32.7 Å². The molecule has 3 rings (SSSR count). The average Bonchev–Trinajstić information content (AvgIpc) is 3.32. The zero-order valence-corrected chi connectivity index (χ0v) is 18.5. The minimum absolute atomic E-state index is 0.0101. The lowest BCUT2D eigenvalue weighted by Crippen LogP contribution is -2.34. The lowest BCUT2D eigenvalue weighted by Gasteiger charge is -2.29. The molecule has 154 valence electrons. The summed E-state index contributed by atoms with van der Waals surface area (Å²) in [5, 5.41) is 5.31. The summed E-state index contributed by atoms with van der Waals surface area (Å²) < 4.78 is 14.3. The van der Waals surface area contributed by atoms with E-state index in [1.807, 2.05) is 17.8 Å². The van der Waals surface area contributed by atoms with Crippen LogP contribution in [0.15, 0.2) is 30.9 Å². The van der Waals surface area contributed by atoms with Gasteiger partial charge in [-0.15, -0.1) is 0 Å². The number of thioether (sulfide) groups is 1. The van der Waals surface area contributed by atoms with Crippen molar-refractivity contribution in [2.75, 3.05) is 18.1 Å². The number of ether oxygens (including phenoxy) is 2. The van der Waals surface area contributed by atoms with Gasteiger partial charge >= 0.3 is 0 Å². The monoisotopic (exact) mass is 443 g/mol. The van der Waals surface area contributed by atoms with Crippen molar-refractivity contribution in [3.63, 3.8) is 0 Å². The number of halogens is 2. The van der Waals surface area contributed by atoms with Crippen LogP contribution in [-0.2, 0) is 21.8 Å². The van der Waals surface area contributed by atoms with Crippen molar-refractivity contribution < 1.29 is 9.47 Å². The molecule has 0 N–H and O–H groups in total. The molecule has 28 heavy (non-hydrogen) atoms. The second-order valence-electron chi connectivity index (χ2n) is 7.01. The summed E-state index contributed by atoms with van der Waals surface area (Å²) in [4.78, 5) is 4.02. The Morgan fingerprint density at radius 1 is 1.25 bits per heavy atom. The van der Waals surface area contributed by atoms with Crippen molar-refractivity contribution in [1.29, 1.82) is 0 Å². The predicted molar refractivity (Wildman–Crippen MR) is 115 cm³/mol. The number of hydrogen-bond donors (Lipinski definition) is 0. The first-order valence-corrected chi connectivity index (χ1v) is 11.7. The Kier molecular flexibility index (Phi) is 8.48. The Hall–Kier alpha value is -0.790. The number of nitrogens with zero attached hydrogens (tertiary/aromatic N) is 3. The molecule has 1 fully saturated rings. The average molecular weight is 444 g/mol. The van der Waals surface area contributed by atoms with Crippen molar-refractivity contribution in [2.45, 2.75) is 57.5 Å². The SMILES string of the molecule is CCCCCCCSCC1COC(Cn2cncn2)(c2ccc(Cl)cc2Cl)O1. The van der Waals surface area contributed by atoms with Crippen LogP contribution >= 0.6 is 35.0 Å². The summed E-state index contributed by atoms with van der Waals surface area (Å²) in [7, 11) is 0. The Bertz CT molecular complexity index is 732. The molecule has 1 aromatic carbocycles. The number of hydrogen-bond acceptors (Lipinski definition) is 5. The summed E-state index contributed by atoms with van der Waals surface area (Å²) in [6, 6.07) is 5.38. The second kappa shape index (κ2) is 10.8. The third kappa shape index (κ3) is 5.86. The molecule has 1 saturated heterocycles. The van der Waals surface area contributed by atoms with Gasteiger partial charge in [-0.2, -0.15) is 16.9 Å². The van der Waals surface area contributed by atoms with E-state index < -0.39 is 5.79 Å². The number of unbranched alkanes of at least 4 members (excludes halogenated alkanes) is 4. The molecule has 2 atom stereocenters. The highest BCUT2D eigenvalue weighted by Crippen LogP contribution is 2.40. The molecule has 2 aromatic rings. The molecule has 1 aliphatic rings. The maximum absolute atomic E-state index is 6.48. The van der Waals surface area contributed by atoms with Crippen LogP contribution < -0.4 is 0 Å². The lowest BCUT2D eigenvalue weighted by molar-refractivity contribution is -0.186. The zero-order chi connectivity index (χ0) is 19.8. The molecule has 0 amide bonds. The molecular formula is C20H27Cl2N3O2S. The van der Waals surface area contributed by atoms with Gasteiger partial charge in [-0.25, -0.2) is 9.67 Å². The van der Waals surface area contributed by atoms with Gasteiger partial charge in [-0.3, -0.25) is 0 Å². The fourth-order valence-electron chi connectivity index (χ4n) is 3.30. The van der Waals surface area contributed by atoms with Gasteiger partial charge in [-0.1, -0.05) is 61.9 Å². The maximum atomic E-state index is 6.48. The molecule has 8 heteroatoms. The normalized spacial score (nSPS) is 22.0. The van der Waals surface area contributed by atoms with Crippen molar-refractivity contribution in [3.8, 4) is 0 Å². The Balaban J connectivity index is 1.61. The van der Waals surface area contributed by atoms with E-state index >= 15 is 0 Å². The highest BCUT2D eigenvalue weighted by Gasteiger charge is 2.45. The first kappa shape index (κ1) is 21.9. The highest BCUT2D eigenvalue weighted by molar-refractivity contribution is 7.99. The van der Waals surface area contributed by atoms with Gasteiger partial charge in [0.05, 0.1) is 17.7 Å². The van der Waals surface area contributed by atoms with Gasteiger partial charge in [-0.05, 0) is 24.3 Å². The summed E-state index contributed by atoms with van der Waals surface area (Å²) in [5.74, 6) is 1.07. The molecular weight excluding hydrogens is 417 g/mol. The smallest absolute Gasteiger partial charge is 0.217 e. The molecule has 1 aliphatic heterocycles. The fraction of sp³-hybridized carbons (Fsp3) is 0.600. The van der Waals surface area contributed by atoms with E-state index in [9.17, 15) is 0 Å². The third-order valence-corrected chi connectivity index (χ3v) is 6.47. The maximum Gasteiger partial charge on any atom is 0.217 e. The summed E-state index contributed by atoms with van der Waals surface area (Å²) in [6.07, 6.45) is 9.66. The zero-order valence-electron chi connectivity index (χ0n) is 16.2. The Morgan fingerprint density at radius 3 is 2.86 bits per heavy atom. The van der Waals surface area contributed by atoms with E-state index in [-0.39, 0.29) is 6.10 Å². The van der Waals surface area contributed by atoms with Gasteiger partial charge in [0, 0.05) is 16.3 Å². The minimum Gasteiger partial charge on any atom is -0.342 e. The van der Waals surface area contributed by atoms with Gasteiger partial charge in [0.2, 0.25) is 5.79 Å². The number of rotatable bonds is 11. The molecule has 2 unspecified atom stereocenters. The van der Waals surface area contributed by atoms with Gasteiger partial charge in [0.1, 0.15) is 19.2 Å². The molecule has 5 nitrogen and oxygen atoms in total. The topological polar surface area (TPSA) is 49.2 Å². The van der Waals surface area contributed by atoms with E-state index in [2.05, 4.69) is 17.0 Å². The Morgan fingerprint density at radius 2 is 2.11 bits per heavy atom. The predicted octanol–water partition coefficient (Wildman–Crippen LogP) is 5.56. The molecule has 0 aliphatic carbocycles. The molecule has 0 spiro atoms. The number of aromatic nitrogens is 3. The van der Waals surface area contributed by atoms with Crippen LogP contribution in [0.3, 0.4) is 0 Å². The number of benzene rings is 1. The van der Waals surface area contributed by atoms with Crippen LogP contribution in [0.4, 0.5) is 0 Å². The molecule has 1 aromatic heterocycles. The van der Waals surface area contributed by atoms with Crippen LogP contribution in [-0.4, -0.2) is 39.0 Å². The van der Waals surface area contributed by atoms with Crippen LogP contribution in [0.1, 0.15) is 44.6 Å². The standard InChI is InChI=1S/C20H27Cl2N3O2S/c1-2-3-4-5-6-9-28-12-17-11-26-20(27-17,13-25-15-23-14-24-25)18-8-7-16(21)10-19(18)22/h7-8,10,14-15,17H,2-6,9,11-13H2,1H3. The van der Waals surface area contributed by atoms with Gasteiger partial charge in [0.15, 0.2) is 0 Å². The summed E-state index contributed by atoms with van der Waals surface area (Å²) in [5.41, 5.74) is 0.765. The van der Waals surface area contributed by atoms with E-state index in [0.29, 0.717) is 23.2 Å². The van der Waals surface area contributed by atoms with Crippen molar-refractivity contribution >= 4 is 35.0 Å². The largest absolute Gasteiger partial charge is 0.342 e. The fourth-order valence-corrected chi connectivity index (χ4v) is 4.86. The van der Waals surface area contributed by atoms with E-state index in [0.717, 1.165) is 17.1 Å². The molecule has 0 saturated carbocycles. The van der Waals surface area contributed by atoms with Crippen molar-refractivity contribution in [3.05, 3.63) is 46.5 Å². The molecule has 0 bridgehead atoms. The first-order valence-electron chi connectivity index (χ1n) is 9.80. The Labute approximate surface area is 181 Å². The third-order valence-electron chi connectivity index (χ3n) is 4.73. The molecule has 0 radical (unpaired) electrons. The quantitative estimate of drug-likeness (QED) is 0.425. The van der Waals surface area contributed by atoms with E-state index in [1.165, 1.54) is 38.4 Å². The van der Waals surface area contributed by atoms with Gasteiger partial charge in [0.25, 0.3) is 0 Å².